The molecular weight excluding hydrogens is 252 g/mol. The molecule has 0 aliphatic carbocycles. The Bertz CT molecular complexity index is 345. The van der Waals surface area contributed by atoms with Crippen LogP contribution in [0.3, 0.4) is 0 Å². The number of hydrogen-bond donors (Lipinski definition) is 0. The zero-order valence-corrected chi connectivity index (χ0v) is 13.1. The molecule has 0 bridgehead atoms. The van der Waals surface area contributed by atoms with E-state index >= 15 is 0 Å². The third-order valence-corrected chi connectivity index (χ3v) is 3.65. The molecule has 1 fully saturated rings. The van der Waals surface area contributed by atoms with Crippen molar-refractivity contribution >= 4 is 6.29 Å². The second-order valence-corrected chi connectivity index (χ2v) is 6.23. The second kappa shape index (κ2) is 7.75. The molecule has 0 saturated carbocycles. The minimum Gasteiger partial charge on any atom is -0.350 e. The minimum absolute atomic E-state index is 0.260. The SMILES string of the molecule is C=C(/C=C/CCCC)CC1(CC=O)COC(C)(C)OC1. The fourth-order valence-corrected chi connectivity index (χ4v) is 2.32. The Morgan fingerprint density at radius 1 is 1.30 bits per heavy atom. The summed E-state index contributed by atoms with van der Waals surface area (Å²) in [4.78, 5) is 11.0. The smallest absolute Gasteiger partial charge is 0.162 e. The van der Waals surface area contributed by atoms with Crippen LogP contribution in [0.25, 0.3) is 0 Å². The summed E-state index contributed by atoms with van der Waals surface area (Å²) >= 11 is 0. The van der Waals surface area contributed by atoms with Gasteiger partial charge in [-0.2, -0.15) is 0 Å². The Hall–Kier alpha value is -0.930. The Morgan fingerprint density at radius 3 is 2.50 bits per heavy atom. The van der Waals surface area contributed by atoms with Crippen LogP contribution in [0, 0.1) is 5.41 Å². The van der Waals surface area contributed by atoms with Gasteiger partial charge in [-0.25, -0.2) is 0 Å². The molecule has 0 aromatic carbocycles. The van der Waals surface area contributed by atoms with E-state index in [-0.39, 0.29) is 5.41 Å². The highest BCUT2D eigenvalue weighted by atomic mass is 16.7. The number of aldehydes is 1. The molecule has 0 aromatic rings. The van der Waals surface area contributed by atoms with E-state index in [1.807, 2.05) is 13.8 Å². The molecule has 1 aliphatic heterocycles. The summed E-state index contributed by atoms with van der Waals surface area (Å²) in [5, 5.41) is 0. The van der Waals surface area contributed by atoms with Gasteiger partial charge in [-0.05, 0) is 26.7 Å². The van der Waals surface area contributed by atoms with Crippen molar-refractivity contribution in [1.29, 1.82) is 0 Å². The predicted octanol–water partition coefficient (Wildman–Crippen LogP) is 4.04. The maximum absolute atomic E-state index is 11.0. The van der Waals surface area contributed by atoms with Crippen molar-refractivity contribution in [3.63, 3.8) is 0 Å². The van der Waals surface area contributed by atoms with Crippen molar-refractivity contribution < 1.29 is 14.3 Å². The Kier molecular flexibility index (Phi) is 6.63. The molecule has 3 heteroatoms. The second-order valence-electron chi connectivity index (χ2n) is 6.23. The van der Waals surface area contributed by atoms with Crippen LogP contribution in [0.5, 0.6) is 0 Å². The molecule has 3 nitrogen and oxygen atoms in total. The number of unbranched alkanes of at least 4 members (excludes halogenated alkanes) is 2. The van der Waals surface area contributed by atoms with Crippen LogP contribution in [0.2, 0.25) is 0 Å². The molecule has 1 rings (SSSR count). The molecule has 0 N–H and O–H groups in total. The lowest BCUT2D eigenvalue weighted by Gasteiger charge is -2.43. The average molecular weight is 280 g/mol. The van der Waals surface area contributed by atoms with Gasteiger partial charge in [-0.1, -0.05) is 44.1 Å². The first-order chi connectivity index (χ1) is 9.43. The third kappa shape index (κ3) is 5.59. The normalized spacial score (nSPS) is 20.9. The highest BCUT2D eigenvalue weighted by Crippen LogP contribution is 2.37. The van der Waals surface area contributed by atoms with E-state index in [1.165, 1.54) is 12.8 Å². The molecule has 0 atom stereocenters. The van der Waals surface area contributed by atoms with Gasteiger partial charge >= 0.3 is 0 Å². The maximum Gasteiger partial charge on any atom is 0.162 e. The predicted molar refractivity (Wildman–Crippen MR) is 81.5 cm³/mol. The van der Waals surface area contributed by atoms with Crippen LogP contribution in [-0.4, -0.2) is 25.3 Å². The minimum atomic E-state index is -0.551. The molecule has 114 valence electrons. The third-order valence-electron chi connectivity index (χ3n) is 3.65. The molecule has 0 spiro atoms. The van der Waals surface area contributed by atoms with Crippen LogP contribution in [0.1, 0.15) is 52.9 Å². The summed E-state index contributed by atoms with van der Waals surface area (Å²) in [6, 6.07) is 0. The number of carbonyl (C=O) groups excluding carboxylic acids is 1. The first kappa shape index (κ1) is 17.1. The molecular formula is C17H28O3. The van der Waals surface area contributed by atoms with Gasteiger partial charge in [0, 0.05) is 11.8 Å². The molecule has 0 aromatic heterocycles. The van der Waals surface area contributed by atoms with Crippen molar-refractivity contribution in [3.05, 3.63) is 24.3 Å². The lowest BCUT2D eigenvalue weighted by molar-refractivity contribution is -0.284. The van der Waals surface area contributed by atoms with Crippen LogP contribution in [0.15, 0.2) is 24.3 Å². The summed E-state index contributed by atoms with van der Waals surface area (Å²) in [7, 11) is 0. The van der Waals surface area contributed by atoms with Crippen molar-refractivity contribution in [3.8, 4) is 0 Å². The zero-order chi connectivity index (χ0) is 15.1. The van der Waals surface area contributed by atoms with Crippen molar-refractivity contribution in [2.45, 2.75) is 58.7 Å². The van der Waals surface area contributed by atoms with Gasteiger partial charge in [0.25, 0.3) is 0 Å². The van der Waals surface area contributed by atoms with Crippen LogP contribution in [-0.2, 0) is 14.3 Å². The quantitative estimate of drug-likeness (QED) is 0.382. The lowest BCUT2D eigenvalue weighted by atomic mass is 9.79. The van der Waals surface area contributed by atoms with Gasteiger partial charge in [0.2, 0.25) is 0 Å². The van der Waals surface area contributed by atoms with E-state index in [1.54, 1.807) is 0 Å². The summed E-state index contributed by atoms with van der Waals surface area (Å²) in [6.07, 6.45) is 9.86. The highest BCUT2D eigenvalue weighted by Gasteiger charge is 2.39. The number of carbonyl (C=O) groups is 1. The fraction of sp³-hybridized carbons (Fsp3) is 0.706. The maximum atomic E-state index is 11.0. The van der Waals surface area contributed by atoms with Gasteiger partial charge in [0.15, 0.2) is 5.79 Å². The Labute approximate surface area is 123 Å². The lowest BCUT2D eigenvalue weighted by Crippen LogP contribution is -2.46. The Morgan fingerprint density at radius 2 is 1.95 bits per heavy atom. The summed E-state index contributed by atoms with van der Waals surface area (Å²) in [5.74, 6) is -0.551. The summed E-state index contributed by atoms with van der Waals surface area (Å²) in [6.45, 7) is 11.2. The first-order valence-corrected chi connectivity index (χ1v) is 7.49. The molecule has 1 saturated heterocycles. The highest BCUT2D eigenvalue weighted by molar-refractivity contribution is 5.51. The summed E-state index contributed by atoms with van der Waals surface area (Å²) in [5.41, 5.74) is 0.776. The molecule has 1 heterocycles. The van der Waals surface area contributed by atoms with Crippen molar-refractivity contribution in [2.24, 2.45) is 5.41 Å². The number of hydrogen-bond acceptors (Lipinski definition) is 3. The van der Waals surface area contributed by atoms with Crippen LogP contribution < -0.4 is 0 Å². The fourth-order valence-electron chi connectivity index (χ4n) is 2.32. The largest absolute Gasteiger partial charge is 0.350 e. The van der Waals surface area contributed by atoms with Gasteiger partial charge in [-0.15, -0.1) is 0 Å². The molecule has 0 unspecified atom stereocenters. The van der Waals surface area contributed by atoms with E-state index in [2.05, 4.69) is 25.7 Å². The molecule has 0 amide bonds. The van der Waals surface area contributed by atoms with E-state index in [0.717, 1.165) is 24.7 Å². The molecule has 20 heavy (non-hydrogen) atoms. The number of allylic oxidation sites excluding steroid dienone is 3. The molecule has 0 radical (unpaired) electrons. The van der Waals surface area contributed by atoms with Gasteiger partial charge in [-0.3, -0.25) is 0 Å². The van der Waals surface area contributed by atoms with Crippen LogP contribution in [0.4, 0.5) is 0 Å². The van der Waals surface area contributed by atoms with Gasteiger partial charge in [0.05, 0.1) is 13.2 Å². The van der Waals surface area contributed by atoms with E-state index in [9.17, 15) is 4.79 Å². The monoisotopic (exact) mass is 280 g/mol. The number of ether oxygens (including phenoxy) is 2. The molecule has 1 aliphatic rings. The van der Waals surface area contributed by atoms with E-state index in [4.69, 9.17) is 9.47 Å². The van der Waals surface area contributed by atoms with E-state index in [0.29, 0.717) is 19.6 Å². The standard InChI is InChI=1S/C17H28O3/c1-5-6-7-8-9-15(2)12-17(10-11-18)13-19-16(3,4)20-14-17/h8-9,11H,2,5-7,10,12-14H2,1,3-4H3/b9-8+. The topological polar surface area (TPSA) is 35.5 Å². The zero-order valence-electron chi connectivity index (χ0n) is 13.1. The summed E-state index contributed by atoms with van der Waals surface area (Å²) < 4.78 is 11.5. The van der Waals surface area contributed by atoms with Crippen molar-refractivity contribution in [1.82, 2.24) is 0 Å². The average Bonchev–Trinajstić information content (AvgIpc) is 2.39. The Balaban J connectivity index is 2.57. The first-order valence-electron chi connectivity index (χ1n) is 7.49. The van der Waals surface area contributed by atoms with Crippen molar-refractivity contribution in [2.75, 3.05) is 13.2 Å². The van der Waals surface area contributed by atoms with Crippen LogP contribution >= 0.6 is 0 Å². The number of rotatable bonds is 8. The van der Waals surface area contributed by atoms with E-state index < -0.39 is 5.79 Å². The van der Waals surface area contributed by atoms with Gasteiger partial charge < -0.3 is 14.3 Å². The van der Waals surface area contributed by atoms with Gasteiger partial charge in [0.1, 0.15) is 6.29 Å².